The van der Waals surface area contributed by atoms with Crippen LogP contribution in [0, 0.1) is 0 Å². The molecule has 3 rings (SSSR count). The predicted octanol–water partition coefficient (Wildman–Crippen LogP) is 4.59. The third kappa shape index (κ3) is 2.48. The highest BCUT2D eigenvalue weighted by Gasteiger charge is 2.20. The summed E-state index contributed by atoms with van der Waals surface area (Å²) in [5, 5.41) is 0. The van der Waals surface area contributed by atoms with Gasteiger partial charge in [0.1, 0.15) is 5.75 Å². The van der Waals surface area contributed by atoms with E-state index < -0.39 is 0 Å². The van der Waals surface area contributed by atoms with Crippen molar-refractivity contribution < 1.29 is 9.44 Å². The third-order valence-corrected chi connectivity index (χ3v) is 3.56. The van der Waals surface area contributed by atoms with Gasteiger partial charge in [0.15, 0.2) is 0 Å². The van der Waals surface area contributed by atoms with E-state index >= 15 is 0 Å². The van der Waals surface area contributed by atoms with Crippen LogP contribution in [0.5, 0.6) is 5.75 Å². The SMILES string of the molecule is CCCCOc1cccc2c1Cc1ccccc1-2.F. The highest BCUT2D eigenvalue weighted by molar-refractivity contribution is 5.78. The molecule has 0 N–H and O–H groups in total. The zero-order valence-corrected chi connectivity index (χ0v) is 11.2. The molecule has 0 amide bonds. The Morgan fingerprint density at radius 2 is 1.79 bits per heavy atom. The highest BCUT2D eigenvalue weighted by Crippen LogP contribution is 2.40. The fourth-order valence-electron chi connectivity index (χ4n) is 2.59. The van der Waals surface area contributed by atoms with Crippen LogP contribution in [-0.2, 0) is 6.42 Å². The average molecular weight is 258 g/mol. The summed E-state index contributed by atoms with van der Waals surface area (Å²) in [5.41, 5.74) is 5.49. The van der Waals surface area contributed by atoms with Crippen LogP contribution in [0.25, 0.3) is 11.1 Å². The second-order valence-electron chi connectivity index (χ2n) is 4.82. The van der Waals surface area contributed by atoms with Crippen LogP contribution in [0.15, 0.2) is 42.5 Å². The minimum absolute atomic E-state index is 0. The lowest BCUT2D eigenvalue weighted by Gasteiger charge is -2.10. The number of halogens is 1. The second-order valence-corrected chi connectivity index (χ2v) is 4.82. The lowest BCUT2D eigenvalue weighted by atomic mass is 10.1. The summed E-state index contributed by atoms with van der Waals surface area (Å²) in [7, 11) is 0. The maximum atomic E-state index is 5.92. The number of hydrogen-bond acceptors (Lipinski definition) is 1. The maximum absolute atomic E-state index is 5.92. The van der Waals surface area contributed by atoms with Gasteiger partial charge in [0.25, 0.3) is 0 Å². The largest absolute Gasteiger partial charge is 0.493 e. The molecule has 0 spiro atoms. The van der Waals surface area contributed by atoms with Crippen molar-refractivity contribution in [2.45, 2.75) is 26.2 Å². The quantitative estimate of drug-likeness (QED) is 0.622. The molecular weight excluding hydrogens is 239 g/mol. The Bertz CT molecular complexity index is 563. The number of fused-ring (bicyclic) bond motifs is 3. The minimum Gasteiger partial charge on any atom is -0.493 e. The van der Waals surface area contributed by atoms with E-state index in [0.29, 0.717) is 0 Å². The van der Waals surface area contributed by atoms with Gasteiger partial charge in [0.2, 0.25) is 0 Å². The first-order chi connectivity index (χ1) is 8.90. The molecule has 0 saturated heterocycles. The fraction of sp³-hybridized carbons (Fsp3) is 0.294. The average Bonchev–Trinajstić information content (AvgIpc) is 2.79. The maximum Gasteiger partial charge on any atom is 0.123 e. The molecule has 0 unspecified atom stereocenters. The molecule has 0 heterocycles. The zero-order chi connectivity index (χ0) is 12.4. The number of hydrogen-bond donors (Lipinski definition) is 0. The van der Waals surface area contributed by atoms with Crippen LogP contribution in [0.2, 0.25) is 0 Å². The molecule has 0 aliphatic heterocycles. The van der Waals surface area contributed by atoms with Gasteiger partial charge < -0.3 is 4.74 Å². The highest BCUT2D eigenvalue weighted by atomic mass is 19.0. The number of benzene rings is 2. The van der Waals surface area contributed by atoms with Gasteiger partial charge in [-0.25, -0.2) is 0 Å². The standard InChI is InChI=1S/C17H18O.FH/c1-2-3-11-18-17-10-6-9-15-14-8-5-4-7-13(14)12-16(15)17;/h4-10H,2-3,11-12H2,1H3;1H. The second kappa shape index (κ2) is 5.87. The van der Waals surface area contributed by atoms with E-state index in [2.05, 4.69) is 49.4 Å². The van der Waals surface area contributed by atoms with Crippen LogP contribution in [0.4, 0.5) is 4.70 Å². The van der Waals surface area contributed by atoms with Crippen LogP contribution in [0.3, 0.4) is 0 Å². The van der Waals surface area contributed by atoms with E-state index in [0.717, 1.165) is 25.2 Å². The van der Waals surface area contributed by atoms with Gasteiger partial charge in [-0.2, -0.15) is 0 Å². The Balaban J connectivity index is 0.00000133. The van der Waals surface area contributed by atoms with Crippen molar-refractivity contribution in [3.05, 3.63) is 53.6 Å². The van der Waals surface area contributed by atoms with E-state index in [4.69, 9.17) is 4.74 Å². The molecule has 0 radical (unpaired) electrons. The van der Waals surface area contributed by atoms with Crippen molar-refractivity contribution in [2.24, 2.45) is 0 Å². The van der Waals surface area contributed by atoms with E-state index in [-0.39, 0.29) is 4.70 Å². The molecule has 0 atom stereocenters. The van der Waals surface area contributed by atoms with Crippen molar-refractivity contribution in [3.63, 3.8) is 0 Å². The van der Waals surface area contributed by atoms with Gasteiger partial charge in [-0.3, -0.25) is 4.70 Å². The lowest BCUT2D eigenvalue weighted by molar-refractivity contribution is 0.307. The van der Waals surface area contributed by atoms with Crippen molar-refractivity contribution in [1.82, 2.24) is 0 Å². The molecule has 19 heavy (non-hydrogen) atoms. The first-order valence-corrected chi connectivity index (χ1v) is 6.73. The molecule has 0 saturated carbocycles. The minimum atomic E-state index is 0. The smallest absolute Gasteiger partial charge is 0.123 e. The van der Waals surface area contributed by atoms with Crippen molar-refractivity contribution in [1.29, 1.82) is 0 Å². The molecule has 1 aliphatic carbocycles. The number of rotatable bonds is 4. The summed E-state index contributed by atoms with van der Waals surface area (Å²) in [6.45, 7) is 3.01. The normalized spacial score (nSPS) is 11.4. The fourth-order valence-corrected chi connectivity index (χ4v) is 2.59. The Labute approximate surface area is 113 Å². The van der Waals surface area contributed by atoms with Crippen LogP contribution >= 0.6 is 0 Å². The first kappa shape index (κ1) is 13.6. The van der Waals surface area contributed by atoms with Crippen LogP contribution in [0.1, 0.15) is 30.9 Å². The summed E-state index contributed by atoms with van der Waals surface area (Å²) in [4.78, 5) is 0. The molecule has 2 aromatic rings. The van der Waals surface area contributed by atoms with Gasteiger partial charge in [-0.05, 0) is 29.2 Å². The summed E-state index contributed by atoms with van der Waals surface area (Å²) < 4.78 is 5.92. The first-order valence-electron chi connectivity index (χ1n) is 6.73. The molecule has 2 heteroatoms. The molecule has 100 valence electrons. The summed E-state index contributed by atoms with van der Waals surface area (Å²) in [6.07, 6.45) is 3.31. The van der Waals surface area contributed by atoms with Gasteiger partial charge in [0, 0.05) is 12.0 Å². The summed E-state index contributed by atoms with van der Waals surface area (Å²) in [6, 6.07) is 15.0. The Hall–Kier alpha value is -1.83. The van der Waals surface area contributed by atoms with Crippen molar-refractivity contribution in [3.8, 4) is 16.9 Å². The summed E-state index contributed by atoms with van der Waals surface area (Å²) in [5.74, 6) is 1.07. The Morgan fingerprint density at radius 3 is 2.63 bits per heavy atom. The molecule has 1 aliphatic rings. The molecule has 0 fully saturated rings. The Kier molecular flexibility index (Phi) is 4.20. The van der Waals surface area contributed by atoms with Crippen LogP contribution in [-0.4, -0.2) is 6.61 Å². The molecule has 2 aromatic carbocycles. The predicted molar refractivity (Wildman–Crippen MR) is 77.6 cm³/mol. The van der Waals surface area contributed by atoms with Gasteiger partial charge in [-0.15, -0.1) is 0 Å². The number of unbranched alkanes of at least 4 members (excludes halogenated alkanes) is 1. The van der Waals surface area contributed by atoms with E-state index in [1.165, 1.54) is 28.7 Å². The van der Waals surface area contributed by atoms with Gasteiger partial charge in [-0.1, -0.05) is 49.7 Å². The molecule has 0 bridgehead atoms. The van der Waals surface area contributed by atoms with Crippen molar-refractivity contribution in [2.75, 3.05) is 6.61 Å². The van der Waals surface area contributed by atoms with Gasteiger partial charge >= 0.3 is 0 Å². The monoisotopic (exact) mass is 258 g/mol. The van der Waals surface area contributed by atoms with Crippen LogP contribution < -0.4 is 4.74 Å². The van der Waals surface area contributed by atoms with E-state index in [1.807, 2.05) is 0 Å². The topological polar surface area (TPSA) is 9.23 Å². The lowest BCUT2D eigenvalue weighted by Crippen LogP contribution is -1.99. The van der Waals surface area contributed by atoms with Gasteiger partial charge in [0.05, 0.1) is 6.61 Å². The molecule has 0 aromatic heterocycles. The molecule has 1 nitrogen and oxygen atoms in total. The molecular formula is C17H19FO. The Morgan fingerprint density at radius 1 is 1.00 bits per heavy atom. The van der Waals surface area contributed by atoms with E-state index in [1.54, 1.807) is 0 Å². The number of ether oxygens (including phenoxy) is 1. The zero-order valence-electron chi connectivity index (χ0n) is 11.2. The third-order valence-electron chi connectivity index (χ3n) is 3.56. The van der Waals surface area contributed by atoms with Crippen molar-refractivity contribution >= 4 is 0 Å². The summed E-state index contributed by atoms with van der Waals surface area (Å²) >= 11 is 0. The van der Waals surface area contributed by atoms with E-state index in [9.17, 15) is 0 Å².